The molecule has 39 heavy (non-hydrogen) atoms. The number of nitrogen functional groups attached to an aromatic ring is 1. The van der Waals surface area contributed by atoms with Gasteiger partial charge in [-0.1, -0.05) is 36.4 Å². The molecule has 0 fully saturated rings. The predicted octanol–water partition coefficient (Wildman–Crippen LogP) is 3.67. The first-order valence-corrected chi connectivity index (χ1v) is 13.0. The minimum atomic E-state index is -4.99. The Kier molecular flexibility index (Phi) is 9.09. The second-order valence-electron chi connectivity index (χ2n) is 8.57. The molecule has 1 unspecified atom stereocenters. The zero-order valence-corrected chi connectivity index (χ0v) is 21.5. The third kappa shape index (κ3) is 8.12. The molecule has 2 amide bonds. The first-order chi connectivity index (χ1) is 18.3. The molecule has 3 aromatic rings. The maximum Gasteiger partial charge on any atom is 0.417 e. The van der Waals surface area contributed by atoms with Crippen LogP contribution in [0.3, 0.4) is 0 Å². The molecule has 0 heterocycles. The topological polar surface area (TPSA) is 154 Å². The number of benzene rings is 3. The van der Waals surface area contributed by atoms with Crippen molar-refractivity contribution >= 4 is 33.4 Å². The van der Waals surface area contributed by atoms with Gasteiger partial charge in [0.05, 0.1) is 16.5 Å². The molecule has 13 heteroatoms. The van der Waals surface area contributed by atoms with Crippen molar-refractivity contribution in [2.45, 2.75) is 37.0 Å². The Morgan fingerprint density at radius 3 is 2.21 bits per heavy atom. The number of nitrogens with one attached hydrogen (secondary N) is 4. The van der Waals surface area contributed by atoms with E-state index in [2.05, 4.69) is 15.4 Å². The van der Waals surface area contributed by atoms with Crippen molar-refractivity contribution in [1.82, 2.24) is 10.0 Å². The van der Waals surface area contributed by atoms with Crippen LogP contribution >= 0.6 is 0 Å². The van der Waals surface area contributed by atoms with E-state index in [0.717, 1.165) is 6.07 Å². The summed E-state index contributed by atoms with van der Waals surface area (Å²) in [6.07, 6.45) is -5.60. The van der Waals surface area contributed by atoms with Gasteiger partial charge in [-0.25, -0.2) is 13.1 Å². The number of anilines is 1. The van der Waals surface area contributed by atoms with Crippen LogP contribution < -0.4 is 21.1 Å². The number of amides is 2. The zero-order chi connectivity index (χ0) is 28.8. The molecule has 0 radical (unpaired) electrons. The van der Waals surface area contributed by atoms with Crippen LogP contribution in [0, 0.1) is 5.41 Å². The van der Waals surface area contributed by atoms with Gasteiger partial charge in [0, 0.05) is 17.8 Å². The number of carbonyl (C=O) groups excluding carboxylic acids is 2. The number of amidine groups is 1. The van der Waals surface area contributed by atoms with E-state index in [0.29, 0.717) is 22.9 Å². The van der Waals surface area contributed by atoms with Gasteiger partial charge in [-0.05, 0) is 54.4 Å². The zero-order valence-electron chi connectivity index (χ0n) is 20.7. The standard InChI is InChI=1S/C26H26F3N5O4S/c1-16(33-23(35)14-24(36)34-20-10-7-18(8-11-20)25(30)31)19-9-12-22(21(13-19)26(27,28)29)39(37,38)32-15-17-5-3-2-4-6-17/h2-13,16,32H,14-15H2,1H3,(H3,30,31)(H,33,35)(H,34,36). The smallest absolute Gasteiger partial charge is 0.384 e. The minimum Gasteiger partial charge on any atom is -0.384 e. The van der Waals surface area contributed by atoms with E-state index in [-0.39, 0.29) is 17.9 Å². The summed E-state index contributed by atoms with van der Waals surface area (Å²) >= 11 is 0. The number of carbonyl (C=O) groups is 2. The number of halogens is 3. The van der Waals surface area contributed by atoms with E-state index >= 15 is 0 Å². The molecular formula is C26H26F3N5O4S. The Bertz CT molecular complexity index is 1460. The van der Waals surface area contributed by atoms with Crippen LogP contribution in [0.25, 0.3) is 0 Å². The van der Waals surface area contributed by atoms with Crippen molar-refractivity contribution in [3.05, 3.63) is 95.1 Å². The molecule has 1 atom stereocenters. The van der Waals surface area contributed by atoms with Crippen LogP contribution in [0.15, 0.2) is 77.7 Å². The normalized spacial score (nSPS) is 12.4. The summed E-state index contributed by atoms with van der Waals surface area (Å²) in [4.78, 5) is 23.6. The van der Waals surface area contributed by atoms with Crippen molar-refractivity contribution in [2.24, 2.45) is 5.73 Å². The SMILES string of the molecule is CC(NC(=O)CC(=O)Nc1ccc(C(=N)N)cc1)c1ccc(S(=O)(=O)NCc2ccccc2)c(C(F)(F)F)c1. The van der Waals surface area contributed by atoms with Gasteiger partial charge in [-0.15, -0.1) is 0 Å². The average Bonchev–Trinajstić information content (AvgIpc) is 2.87. The van der Waals surface area contributed by atoms with Gasteiger partial charge in [0.2, 0.25) is 21.8 Å². The van der Waals surface area contributed by atoms with E-state index in [9.17, 15) is 31.2 Å². The molecule has 9 nitrogen and oxygen atoms in total. The maximum absolute atomic E-state index is 13.8. The third-order valence-corrected chi connectivity index (χ3v) is 7.05. The largest absolute Gasteiger partial charge is 0.417 e. The Labute approximate surface area is 223 Å². The number of hydrogen-bond donors (Lipinski definition) is 5. The summed E-state index contributed by atoms with van der Waals surface area (Å²) in [6.45, 7) is 1.21. The van der Waals surface area contributed by atoms with E-state index < -0.39 is 50.9 Å². The number of hydrogen-bond acceptors (Lipinski definition) is 5. The van der Waals surface area contributed by atoms with Crippen molar-refractivity contribution in [1.29, 1.82) is 5.41 Å². The van der Waals surface area contributed by atoms with Gasteiger partial charge in [-0.2, -0.15) is 13.2 Å². The molecule has 0 aliphatic carbocycles. The van der Waals surface area contributed by atoms with Crippen LogP contribution in [-0.4, -0.2) is 26.1 Å². The van der Waals surface area contributed by atoms with Gasteiger partial charge in [-0.3, -0.25) is 15.0 Å². The first-order valence-electron chi connectivity index (χ1n) is 11.5. The molecule has 0 bridgehead atoms. The third-order valence-electron chi connectivity index (χ3n) is 5.59. The van der Waals surface area contributed by atoms with Crippen molar-refractivity contribution in [3.8, 4) is 0 Å². The summed E-state index contributed by atoms with van der Waals surface area (Å²) in [5.41, 5.74) is 5.36. The lowest BCUT2D eigenvalue weighted by molar-refractivity contribution is -0.140. The predicted molar refractivity (Wildman–Crippen MR) is 139 cm³/mol. The quantitative estimate of drug-likeness (QED) is 0.145. The van der Waals surface area contributed by atoms with E-state index in [1.54, 1.807) is 30.3 Å². The highest BCUT2D eigenvalue weighted by Gasteiger charge is 2.37. The summed E-state index contributed by atoms with van der Waals surface area (Å²) in [7, 11) is -4.52. The van der Waals surface area contributed by atoms with Crippen molar-refractivity contribution in [3.63, 3.8) is 0 Å². The van der Waals surface area contributed by atoms with Gasteiger partial charge in [0.15, 0.2) is 0 Å². The van der Waals surface area contributed by atoms with Gasteiger partial charge >= 0.3 is 6.18 Å². The molecule has 3 rings (SSSR count). The molecule has 0 saturated carbocycles. The molecule has 3 aromatic carbocycles. The number of alkyl halides is 3. The maximum atomic E-state index is 13.8. The molecular weight excluding hydrogens is 535 g/mol. The Balaban J connectivity index is 1.69. The fourth-order valence-corrected chi connectivity index (χ4v) is 4.81. The average molecular weight is 562 g/mol. The summed E-state index contributed by atoms with van der Waals surface area (Å²) in [5, 5.41) is 12.3. The molecule has 6 N–H and O–H groups in total. The molecule has 206 valence electrons. The van der Waals surface area contributed by atoms with Gasteiger partial charge in [0.25, 0.3) is 0 Å². The molecule has 0 spiro atoms. The minimum absolute atomic E-state index is 0.00193. The highest BCUT2D eigenvalue weighted by molar-refractivity contribution is 7.89. The lowest BCUT2D eigenvalue weighted by Crippen LogP contribution is -2.31. The lowest BCUT2D eigenvalue weighted by atomic mass is 10.0. The lowest BCUT2D eigenvalue weighted by Gasteiger charge is -2.19. The number of rotatable bonds is 10. The van der Waals surface area contributed by atoms with Crippen molar-refractivity contribution in [2.75, 3.05) is 5.32 Å². The second kappa shape index (κ2) is 12.1. The molecule has 0 aliphatic heterocycles. The van der Waals surface area contributed by atoms with E-state index in [4.69, 9.17) is 11.1 Å². The molecule has 0 aromatic heterocycles. The highest BCUT2D eigenvalue weighted by Crippen LogP contribution is 2.36. The highest BCUT2D eigenvalue weighted by atomic mass is 32.2. The van der Waals surface area contributed by atoms with E-state index in [1.807, 2.05) is 0 Å². The number of nitrogens with two attached hydrogens (primary N) is 1. The van der Waals surface area contributed by atoms with Crippen LogP contribution in [0.4, 0.5) is 18.9 Å². The molecule has 0 saturated heterocycles. The number of sulfonamides is 1. The van der Waals surface area contributed by atoms with E-state index in [1.165, 1.54) is 37.3 Å². The monoisotopic (exact) mass is 561 g/mol. The fraction of sp³-hybridized carbons (Fsp3) is 0.192. The summed E-state index contributed by atoms with van der Waals surface area (Å²) < 4.78 is 69.1. The van der Waals surface area contributed by atoms with Crippen molar-refractivity contribution < 1.29 is 31.2 Å². The fourth-order valence-electron chi connectivity index (χ4n) is 3.58. The Morgan fingerprint density at radius 1 is 0.974 bits per heavy atom. The van der Waals surface area contributed by atoms with Crippen LogP contribution in [0.1, 0.15) is 41.6 Å². The van der Waals surface area contributed by atoms with Crippen LogP contribution in [-0.2, 0) is 32.3 Å². The Hall–Kier alpha value is -4.23. The Morgan fingerprint density at radius 2 is 1.62 bits per heavy atom. The second-order valence-corrected chi connectivity index (χ2v) is 10.3. The van der Waals surface area contributed by atoms with Gasteiger partial charge < -0.3 is 16.4 Å². The van der Waals surface area contributed by atoms with Crippen LogP contribution in [0.2, 0.25) is 0 Å². The van der Waals surface area contributed by atoms with Gasteiger partial charge in [0.1, 0.15) is 12.3 Å². The van der Waals surface area contributed by atoms with Crippen LogP contribution in [0.5, 0.6) is 0 Å². The summed E-state index contributed by atoms with van der Waals surface area (Å²) in [5.74, 6) is -1.57. The summed E-state index contributed by atoms with van der Waals surface area (Å²) in [6, 6.07) is 16.1. The molecule has 0 aliphatic rings. The first kappa shape index (κ1) is 29.3.